The maximum Gasteiger partial charge on any atom is 0.0832 e. The molecule has 0 saturated heterocycles. The molecule has 0 aliphatic heterocycles. The van der Waals surface area contributed by atoms with Gasteiger partial charge in [-0.1, -0.05) is 12.8 Å². The maximum absolute atomic E-state index is 10.0. The van der Waals surface area contributed by atoms with E-state index < -0.39 is 12.2 Å². The average molecular weight is 196 g/mol. The third kappa shape index (κ3) is 1.10. The quantitative estimate of drug-likeness (QED) is 0.617. The summed E-state index contributed by atoms with van der Waals surface area (Å²) in [4.78, 5) is 0. The Morgan fingerprint density at radius 1 is 0.571 bits per heavy atom. The lowest BCUT2D eigenvalue weighted by atomic mass is 9.66. The number of hydrogen-bond donors (Lipinski definition) is 2. The predicted molar refractivity (Wildman–Crippen MR) is 53.7 cm³/mol. The standard InChI is InChI=1S/C12H20O2/c13-11-9-5-1-3-7(9)8-4-2-6-10(8)12(11)14/h7-14H,1-6H2/t7?,8?,9?,10?,11-,12-/m0/s1. The van der Waals surface area contributed by atoms with Gasteiger partial charge < -0.3 is 10.2 Å². The second-order valence-corrected chi connectivity index (χ2v) is 5.50. The van der Waals surface area contributed by atoms with Gasteiger partial charge in [-0.25, -0.2) is 0 Å². The van der Waals surface area contributed by atoms with Gasteiger partial charge >= 0.3 is 0 Å². The van der Waals surface area contributed by atoms with Gasteiger partial charge in [-0.3, -0.25) is 0 Å². The van der Waals surface area contributed by atoms with Gasteiger partial charge in [0.1, 0.15) is 0 Å². The minimum Gasteiger partial charge on any atom is -0.390 e. The van der Waals surface area contributed by atoms with Crippen molar-refractivity contribution >= 4 is 0 Å². The molecule has 80 valence electrons. The molecule has 2 N–H and O–H groups in total. The minimum atomic E-state index is -0.415. The summed E-state index contributed by atoms with van der Waals surface area (Å²) >= 11 is 0. The Morgan fingerprint density at radius 3 is 1.36 bits per heavy atom. The monoisotopic (exact) mass is 196 g/mol. The summed E-state index contributed by atoms with van der Waals surface area (Å²) in [5.41, 5.74) is 0. The van der Waals surface area contributed by atoms with Gasteiger partial charge in [-0.05, 0) is 49.4 Å². The molecule has 3 rings (SSSR count). The summed E-state index contributed by atoms with van der Waals surface area (Å²) in [5, 5.41) is 20.1. The van der Waals surface area contributed by atoms with E-state index in [1.165, 1.54) is 25.7 Å². The first-order chi connectivity index (χ1) is 6.79. The normalized spacial score (nSPS) is 57.0. The molecule has 2 nitrogen and oxygen atoms in total. The summed E-state index contributed by atoms with van der Waals surface area (Å²) in [6.07, 6.45) is 6.59. The van der Waals surface area contributed by atoms with Crippen LogP contribution in [0.15, 0.2) is 0 Å². The van der Waals surface area contributed by atoms with E-state index >= 15 is 0 Å². The lowest BCUT2D eigenvalue weighted by molar-refractivity contribution is -0.109. The van der Waals surface area contributed by atoms with Crippen LogP contribution < -0.4 is 0 Å². The Morgan fingerprint density at radius 2 is 0.929 bits per heavy atom. The zero-order valence-corrected chi connectivity index (χ0v) is 8.60. The second kappa shape index (κ2) is 3.21. The van der Waals surface area contributed by atoms with Crippen molar-refractivity contribution in [2.75, 3.05) is 0 Å². The number of fused-ring (bicyclic) bond motifs is 3. The maximum atomic E-state index is 10.0. The highest BCUT2D eigenvalue weighted by Crippen LogP contribution is 2.53. The van der Waals surface area contributed by atoms with Crippen LogP contribution in [0.2, 0.25) is 0 Å². The zero-order valence-electron chi connectivity index (χ0n) is 8.60. The SMILES string of the molecule is O[C@H]1C2CCCC2C2CCCC2[C@@H]1O. The van der Waals surface area contributed by atoms with Crippen LogP contribution in [0.3, 0.4) is 0 Å². The molecule has 0 aromatic rings. The molecule has 0 radical (unpaired) electrons. The van der Waals surface area contributed by atoms with Gasteiger partial charge in [0.15, 0.2) is 0 Å². The van der Waals surface area contributed by atoms with Crippen molar-refractivity contribution in [3.05, 3.63) is 0 Å². The van der Waals surface area contributed by atoms with Gasteiger partial charge in [-0.15, -0.1) is 0 Å². The predicted octanol–water partition coefficient (Wildman–Crippen LogP) is 1.55. The zero-order chi connectivity index (χ0) is 9.71. The molecule has 3 aliphatic carbocycles. The molecular formula is C12H20O2. The molecule has 0 aromatic carbocycles. The van der Waals surface area contributed by atoms with Crippen molar-refractivity contribution in [3.63, 3.8) is 0 Å². The first kappa shape index (κ1) is 9.17. The van der Waals surface area contributed by atoms with Crippen molar-refractivity contribution in [3.8, 4) is 0 Å². The molecule has 3 fully saturated rings. The van der Waals surface area contributed by atoms with E-state index in [2.05, 4.69) is 0 Å². The Balaban J connectivity index is 1.89. The van der Waals surface area contributed by atoms with Crippen molar-refractivity contribution in [2.45, 2.75) is 50.7 Å². The first-order valence-electron chi connectivity index (χ1n) is 6.15. The van der Waals surface area contributed by atoms with Gasteiger partial charge in [0.25, 0.3) is 0 Å². The van der Waals surface area contributed by atoms with Crippen molar-refractivity contribution in [1.29, 1.82) is 0 Å². The Bertz CT molecular complexity index is 204. The summed E-state index contributed by atoms with van der Waals surface area (Å²) < 4.78 is 0. The van der Waals surface area contributed by atoms with E-state index in [-0.39, 0.29) is 0 Å². The molecule has 0 bridgehead atoms. The summed E-state index contributed by atoms with van der Waals surface area (Å²) in [5.74, 6) is 2.32. The molecule has 0 aromatic heterocycles. The lowest BCUT2D eigenvalue weighted by Gasteiger charge is -2.43. The van der Waals surface area contributed by atoms with Crippen LogP contribution in [0.1, 0.15) is 38.5 Å². The molecule has 3 saturated carbocycles. The highest BCUT2D eigenvalue weighted by atomic mass is 16.3. The van der Waals surface area contributed by atoms with Crippen molar-refractivity contribution in [1.82, 2.24) is 0 Å². The highest BCUT2D eigenvalue weighted by molar-refractivity contribution is 5.01. The summed E-state index contributed by atoms with van der Waals surface area (Å²) in [7, 11) is 0. The fourth-order valence-electron chi connectivity index (χ4n) is 4.45. The highest BCUT2D eigenvalue weighted by Gasteiger charge is 2.52. The van der Waals surface area contributed by atoms with Crippen LogP contribution in [0.25, 0.3) is 0 Å². The molecule has 14 heavy (non-hydrogen) atoms. The summed E-state index contributed by atoms with van der Waals surface area (Å²) in [6.45, 7) is 0. The number of aliphatic hydroxyl groups excluding tert-OH is 2. The lowest BCUT2D eigenvalue weighted by Crippen LogP contribution is -2.49. The average Bonchev–Trinajstić information content (AvgIpc) is 2.80. The van der Waals surface area contributed by atoms with Crippen molar-refractivity contribution in [2.24, 2.45) is 23.7 Å². The number of rotatable bonds is 0. The molecule has 0 amide bonds. The molecule has 0 heterocycles. The Hall–Kier alpha value is -0.0800. The third-order valence-electron chi connectivity index (χ3n) is 5.03. The fraction of sp³-hybridized carbons (Fsp3) is 1.00. The number of hydrogen-bond acceptors (Lipinski definition) is 2. The number of aliphatic hydroxyl groups is 2. The van der Waals surface area contributed by atoms with Gasteiger partial charge in [0.05, 0.1) is 12.2 Å². The van der Waals surface area contributed by atoms with E-state index in [0.29, 0.717) is 11.8 Å². The fourth-order valence-corrected chi connectivity index (χ4v) is 4.45. The molecule has 2 heteroatoms. The van der Waals surface area contributed by atoms with E-state index in [4.69, 9.17) is 0 Å². The van der Waals surface area contributed by atoms with E-state index in [1.807, 2.05) is 0 Å². The molecule has 6 atom stereocenters. The molecule has 4 unspecified atom stereocenters. The minimum absolute atomic E-state index is 0.415. The second-order valence-electron chi connectivity index (χ2n) is 5.50. The van der Waals surface area contributed by atoms with Crippen LogP contribution >= 0.6 is 0 Å². The third-order valence-corrected chi connectivity index (χ3v) is 5.03. The van der Waals surface area contributed by atoms with E-state index in [0.717, 1.165) is 24.7 Å². The van der Waals surface area contributed by atoms with Crippen LogP contribution in [-0.4, -0.2) is 22.4 Å². The van der Waals surface area contributed by atoms with E-state index in [1.54, 1.807) is 0 Å². The smallest absolute Gasteiger partial charge is 0.0832 e. The Labute approximate surface area is 85.3 Å². The van der Waals surface area contributed by atoms with Crippen LogP contribution in [-0.2, 0) is 0 Å². The van der Waals surface area contributed by atoms with Gasteiger partial charge in [0, 0.05) is 0 Å². The molecule has 0 spiro atoms. The van der Waals surface area contributed by atoms with Crippen molar-refractivity contribution < 1.29 is 10.2 Å². The largest absolute Gasteiger partial charge is 0.390 e. The van der Waals surface area contributed by atoms with Gasteiger partial charge in [-0.2, -0.15) is 0 Å². The molecule has 3 aliphatic rings. The summed E-state index contributed by atoms with van der Waals surface area (Å²) in [6, 6.07) is 0. The molecular weight excluding hydrogens is 176 g/mol. The first-order valence-corrected chi connectivity index (χ1v) is 6.15. The van der Waals surface area contributed by atoms with E-state index in [9.17, 15) is 10.2 Å². The van der Waals surface area contributed by atoms with Crippen LogP contribution in [0, 0.1) is 23.7 Å². The Kier molecular flexibility index (Phi) is 2.10. The van der Waals surface area contributed by atoms with Gasteiger partial charge in [0.2, 0.25) is 0 Å². The topological polar surface area (TPSA) is 40.5 Å². The van der Waals surface area contributed by atoms with Crippen LogP contribution in [0.5, 0.6) is 0 Å². The van der Waals surface area contributed by atoms with Crippen LogP contribution in [0.4, 0.5) is 0 Å².